The summed E-state index contributed by atoms with van der Waals surface area (Å²) in [6, 6.07) is 5.52. The van der Waals surface area contributed by atoms with Gasteiger partial charge in [-0.3, -0.25) is 10.1 Å². The van der Waals surface area contributed by atoms with Crippen molar-refractivity contribution in [1.82, 2.24) is 15.2 Å². The van der Waals surface area contributed by atoms with E-state index in [0.717, 1.165) is 17.1 Å². The fourth-order valence-electron chi connectivity index (χ4n) is 1.08. The van der Waals surface area contributed by atoms with Crippen LogP contribution in [0.25, 0.3) is 11.4 Å². The van der Waals surface area contributed by atoms with Gasteiger partial charge in [0.25, 0.3) is 0 Å². The van der Waals surface area contributed by atoms with Crippen LogP contribution in [0.2, 0.25) is 0 Å². The summed E-state index contributed by atoms with van der Waals surface area (Å²) >= 11 is 0. The summed E-state index contributed by atoms with van der Waals surface area (Å²) in [5.74, 6) is 0.791. The fraction of sp³-hybridized carbons (Fsp3) is 0.111. The van der Waals surface area contributed by atoms with Gasteiger partial charge in [-0.2, -0.15) is 5.10 Å². The highest BCUT2D eigenvalue weighted by molar-refractivity contribution is 5.55. The number of nitrogens with zero attached hydrogens (tertiary/aromatic N) is 2. The van der Waals surface area contributed by atoms with E-state index in [1.165, 1.54) is 0 Å². The molecule has 2 aromatic heterocycles. The molecule has 0 fully saturated rings. The highest BCUT2D eigenvalue weighted by Gasteiger charge is 2.00. The zero-order valence-corrected chi connectivity index (χ0v) is 7.19. The first-order chi connectivity index (χ1) is 6.40. The fourth-order valence-corrected chi connectivity index (χ4v) is 1.08. The molecule has 4 heteroatoms. The molecular weight excluding hydrogens is 166 g/mol. The number of pyridine rings is 1. The van der Waals surface area contributed by atoms with E-state index in [4.69, 9.17) is 4.74 Å². The van der Waals surface area contributed by atoms with Gasteiger partial charge in [0.05, 0.1) is 18.5 Å². The Morgan fingerprint density at radius 2 is 2.23 bits per heavy atom. The van der Waals surface area contributed by atoms with Gasteiger partial charge >= 0.3 is 0 Å². The van der Waals surface area contributed by atoms with E-state index in [9.17, 15) is 0 Å². The molecular formula is C9H9N3O. The Morgan fingerprint density at radius 3 is 2.92 bits per heavy atom. The standard InChI is InChI=1S/C9H9N3O/c1-13-7-2-4-10-9(6-7)8-3-5-11-12-8/h2-6H,1H3,(H,11,12). The van der Waals surface area contributed by atoms with Crippen LogP contribution in [0, 0.1) is 0 Å². The minimum absolute atomic E-state index is 0.791. The van der Waals surface area contributed by atoms with Gasteiger partial charge < -0.3 is 4.74 Å². The van der Waals surface area contributed by atoms with Crippen LogP contribution in [-0.4, -0.2) is 22.3 Å². The summed E-state index contributed by atoms with van der Waals surface area (Å²) in [4.78, 5) is 4.18. The number of hydrogen-bond acceptors (Lipinski definition) is 3. The van der Waals surface area contributed by atoms with Crippen molar-refractivity contribution in [3.63, 3.8) is 0 Å². The van der Waals surface area contributed by atoms with Gasteiger partial charge in [-0.1, -0.05) is 0 Å². The molecule has 0 amide bonds. The normalized spacial score (nSPS) is 9.92. The zero-order chi connectivity index (χ0) is 9.10. The molecule has 0 saturated carbocycles. The highest BCUT2D eigenvalue weighted by Crippen LogP contribution is 2.18. The van der Waals surface area contributed by atoms with Gasteiger partial charge in [-0.05, 0) is 12.1 Å². The van der Waals surface area contributed by atoms with Crippen LogP contribution in [0.1, 0.15) is 0 Å². The summed E-state index contributed by atoms with van der Waals surface area (Å²) < 4.78 is 5.08. The van der Waals surface area contributed by atoms with Crippen molar-refractivity contribution < 1.29 is 4.74 Å². The van der Waals surface area contributed by atoms with Crippen molar-refractivity contribution in [3.8, 4) is 17.1 Å². The summed E-state index contributed by atoms with van der Waals surface area (Å²) in [6.45, 7) is 0. The second kappa shape index (κ2) is 3.26. The number of rotatable bonds is 2. The lowest BCUT2D eigenvalue weighted by Gasteiger charge is -2.00. The summed E-state index contributed by atoms with van der Waals surface area (Å²) in [7, 11) is 1.63. The van der Waals surface area contributed by atoms with E-state index in [1.54, 1.807) is 25.6 Å². The molecule has 0 bridgehead atoms. The molecule has 0 aliphatic carbocycles. The third kappa shape index (κ3) is 1.51. The number of aromatic amines is 1. The van der Waals surface area contributed by atoms with Gasteiger partial charge in [0.1, 0.15) is 5.75 Å². The van der Waals surface area contributed by atoms with Crippen molar-refractivity contribution in [2.75, 3.05) is 7.11 Å². The Labute approximate surface area is 75.6 Å². The van der Waals surface area contributed by atoms with Crippen molar-refractivity contribution in [1.29, 1.82) is 0 Å². The van der Waals surface area contributed by atoms with Gasteiger partial charge in [0.2, 0.25) is 0 Å². The maximum Gasteiger partial charge on any atom is 0.122 e. The van der Waals surface area contributed by atoms with E-state index in [2.05, 4.69) is 15.2 Å². The van der Waals surface area contributed by atoms with Crippen LogP contribution < -0.4 is 4.74 Å². The molecule has 2 heterocycles. The Balaban J connectivity index is 2.41. The molecule has 0 aromatic carbocycles. The van der Waals surface area contributed by atoms with E-state index < -0.39 is 0 Å². The molecule has 13 heavy (non-hydrogen) atoms. The van der Waals surface area contributed by atoms with Crippen LogP contribution >= 0.6 is 0 Å². The maximum absolute atomic E-state index is 5.08. The van der Waals surface area contributed by atoms with Crippen molar-refractivity contribution in [3.05, 3.63) is 30.6 Å². The van der Waals surface area contributed by atoms with E-state index in [0.29, 0.717) is 0 Å². The molecule has 0 radical (unpaired) electrons. The molecule has 2 rings (SSSR count). The number of hydrogen-bond donors (Lipinski definition) is 1. The molecule has 0 spiro atoms. The van der Waals surface area contributed by atoms with Gasteiger partial charge in [0, 0.05) is 18.5 Å². The third-order valence-electron chi connectivity index (χ3n) is 1.74. The number of methoxy groups -OCH3 is 1. The van der Waals surface area contributed by atoms with Gasteiger partial charge in [-0.25, -0.2) is 0 Å². The second-order valence-electron chi connectivity index (χ2n) is 2.55. The average molecular weight is 175 g/mol. The number of ether oxygens (including phenoxy) is 1. The van der Waals surface area contributed by atoms with E-state index >= 15 is 0 Å². The molecule has 4 nitrogen and oxygen atoms in total. The Morgan fingerprint density at radius 1 is 1.31 bits per heavy atom. The van der Waals surface area contributed by atoms with E-state index in [1.807, 2.05) is 12.1 Å². The van der Waals surface area contributed by atoms with Crippen LogP contribution in [0.15, 0.2) is 30.6 Å². The van der Waals surface area contributed by atoms with Gasteiger partial charge in [0.15, 0.2) is 0 Å². The summed E-state index contributed by atoms with van der Waals surface area (Å²) in [6.07, 6.45) is 3.39. The quantitative estimate of drug-likeness (QED) is 0.752. The third-order valence-corrected chi connectivity index (χ3v) is 1.74. The number of H-pyrrole nitrogens is 1. The van der Waals surface area contributed by atoms with Crippen LogP contribution in [0.5, 0.6) is 5.75 Å². The largest absolute Gasteiger partial charge is 0.497 e. The van der Waals surface area contributed by atoms with Crippen molar-refractivity contribution in [2.24, 2.45) is 0 Å². The second-order valence-corrected chi connectivity index (χ2v) is 2.55. The molecule has 0 saturated heterocycles. The van der Waals surface area contributed by atoms with Crippen LogP contribution in [0.3, 0.4) is 0 Å². The predicted molar refractivity (Wildman–Crippen MR) is 48.4 cm³/mol. The Bertz CT molecular complexity index is 384. The predicted octanol–water partition coefficient (Wildman–Crippen LogP) is 1.48. The number of aromatic nitrogens is 3. The molecule has 0 aliphatic rings. The smallest absolute Gasteiger partial charge is 0.122 e. The van der Waals surface area contributed by atoms with Crippen molar-refractivity contribution >= 4 is 0 Å². The molecule has 66 valence electrons. The summed E-state index contributed by atoms with van der Waals surface area (Å²) in [5, 5.41) is 6.68. The topological polar surface area (TPSA) is 50.8 Å². The first kappa shape index (κ1) is 7.79. The Kier molecular flexibility index (Phi) is 1.96. The van der Waals surface area contributed by atoms with Crippen molar-refractivity contribution in [2.45, 2.75) is 0 Å². The SMILES string of the molecule is COc1ccnc(-c2ccn[nH]2)c1. The molecule has 2 aromatic rings. The first-order valence-corrected chi connectivity index (χ1v) is 3.90. The number of nitrogens with one attached hydrogen (secondary N) is 1. The average Bonchev–Trinajstić information content (AvgIpc) is 2.71. The highest BCUT2D eigenvalue weighted by atomic mass is 16.5. The zero-order valence-electron chi connectivity index (χ0n) is 7.19. The molecule has 0 unspecified atom stereocenters. The molecule has 0 aliphatic heterocycles. The minimum atomic E-state index is 0.791. The maximum atomic E-state index is 5.08. The van der Waals surface area contributed by atoms with Crippen LogP contribution in [-0.2, 0) is 0 Å². The van der Waals surface area contributed by atoms with Gasteiger partial charge in [-0.15, -0.1) is 0 Å². The lowest BCUT2D eigenvalue weighted by molar-refractivity contribution is 0.414. The molecule has 0 atom stereocenters. The van der Waals surface area contributed by atoms with E-state index in [-0.39, 0.29) is 0 Å². The lowest BCUT2D eigenvalue weighted by atomic mass is 10.3. The molecule has 1 N–H and O–H groups in total. The Hall–Kier alpha value is -1.84. The van der Waals surface area contributed by atoms with Crippen LogP contribution in [0.4, 0.5) is 0 Å². The summed E-state index contributed by atoms with van der Waals surface area (Å²) in [5.41, 5.74) is 1.72. The monoisotopic (exact) mass is 175 g/mol. The minimum Gasteiger partial charge on any atom is -0.497 e. The first-order valence-electron chi connectivity index (χ1n) is 3.90. The lowest BCUT2D eigenvalue weighted by Crippen LogP contribution is -1.87.